The molecule has 2 aliphatic heterocycles. The summed E-state index contributed by atoms with van der Waals surface area (Å²) in [6, 6.07) is 9.95. The summed E-state index contributed by atoms with van der Waals surface area (Å²) in [6.45, 7) is 1.98. The summed E-state index contributed by atoms with van der Waals surface area (Å²) in [6.07, 6.45) is 2.59. The van der Waals surface area contributed by atoms with E-state index < -0.39 is 0 Å². The van der Waals surface area contributed by atoms with Gasteiger partial charge in [-0.2, -0.15) is 0 Å². The molecule has 0 saturated carbocycles. The van der Waals surface area contributed by atoms with Gasteiger partial charge in [0.15, 0.2) is 5.82 Å². The van der Waals surface area contributed by atoms with Crippen molar-refractivity contribution in [2.75, 3.05) is 10.2 Å². The Kier molecular flexibility index (Phi) is 1.98. The predicted molar refractivity (Wildman–Crippen MR) is 73.7 cm³/mol. The van der Waals surface area contributed by atoms with Crippen molar-refractivity contribution in [1.82, 2.24) is 4.98 Å². The maximum atomic E-state index is 12.2. The lowest BCUT2D eigenvalue weighted by Gasteiger charge is -2.32. The molecule has 1 amide bonds. The van der Waals surface area contributed by atoms with Gasteiger partial charge in [-0.05, 0) is 30.2 Å². The van der Waals surface area contributed by atoms with Crippen LogP contribution in [0, 0.1) is 6.92 Å². The van der Waals surface area contributed by atoms with Gasteiger partial charge in [0, 0.05) is 18.3 Å². The van der Waals surface area contributed by atoms with E-state index in [0.29, 0.717) is 0 Å². The zero-order chi connectivity index (χ0) is 13.0. The van der Waals surface area contributed by atoms with E-state index in [-0.39, 0.29) is 11.9 Å². The second kappa shape index (κ2) is 3.57. The lowest BCUT2D eigenvalue weighted by atomic mass is 10.1. The molecule has 0 bridgehead atoms. The first-order chi connectivity index (χ1) is 9.24. The van der Waals surface area contributed by atoms with E-state index in [1.165, 1.54) is 5.56 Å². The van der Waals surface area contributed by atoms with Gasteiger partial charge in [0.25, 0.3) is 0 Å². The molecule has 4 heteroatoms. The number of aryl methyl sites for hydroxylation is 1. The van der Waals surface area contributed by atoms with Gasteiger partial charge in [-0.15, -0.1) is 0 Å². The fraction of sp³-hybridized carbons (Fsp3) is 0.200. The zero-order valence-corrected chi connectivity index (χ0v) is 10.6. The van der Waals surface area contributed by atoms with Crippen LogP contribution in [-0.2, 0) is 11.2 Å². The van der Waals surface area contributed by atoms with Gasteiger partial charge in [0.1, 0.15) is 6.04 Å². The Labute approximate surface area is 111 Å². The van der Waals surface area contributed by atoms with E-state index in [4.69, 9.17) is 0 Å². The third-order valence-corrected chi connectivity index (χ3v) is 3.77. The summed E-state index contributed by atoms with van der Waals surface area (Å²) in [5.74, 6) is 0.899. The minimum absolute atomic E-state index is 0.0519. The summed E-state index contributed by atoms with van der Waals surface area (Å²) >= 11 is 0. The number of fused-ring (bicyclic) bond motifs is 5. The molecule has 0 fully saturated rings. The van der Waals surface area contributed by atoms with E-state index in [9.17, 15) is 4.79 Å². The zero-order valence-electron chi connectivity index (χ0n) is 10.6. The van der Waals surface area contributed by atoms with Gasteiger partial charge >= 0.3 is 0 Å². The minimum atomic E-state index is -0.167. The van der Waals surface area contributed by atoms with Crippen LogP contribution in [0.4, 0.5) is 17.2 Å². The van der Waals surface area contributed by atoms with Gasteiger partial charge in [-0.1, -0.05) is 18.2 Å². The van der Waals surface area contributed by atoms with Crippen molar-refractivity contribution in [1.29, 1.82) is 0 Å². The van der Waals surface area contributed by atoms with Gasteiger partial charge in [0.2, 0.25) is 5.91 Å². The van der Waals surface area contributed by atoms with Crippen molar-refractivity contribution in [3.63, 3.8) is 0 Å². The van der Waals surface area contributed by atoms with Crippen molar-refractivity contribution in [2.24, 2.45) is 0 Å². The number of nitrogens with zero attached hydrogens (tertiary/aromatic N) is 2. The molecule has 1 N–H and O–H groups in total. The summed E-state index contributed by atoms with van der Waals surface area (Å²) in [5.41, 5.74) is 4.15. The first kappa shape index (κ1) is 10.6. The maximum Gasteiger partial charge on any atom is 0.247 e. The number of rotatable bonds is 0. The van der Waals surface area contributed by atoms with Crippen LogP contribution in [0.2, 0.25) is 0 Å². The normalized spacial score (nSPS) is 19.5. The number of anilines is 3. The number of para-hydroxylation sites is 1. The number of carbonyl (C=O) groups is 1. The van der Waals surface area contributed by atoms with Crippen molar-refractivity contribution < 1.29 is 4.79 Å². The molecule has 1 unspecified atom stereocenters. The van der Waals surface area contributed by atoms with Crippen LogP contribution in [0.1, 0.15) is 11.1 Å². The van der Waals surface area contributed by atoms with Gasteiger partial charge in [0.05, 0.1) is 5.69 Å². The largest absolute Gasteiger partial charge is 0.321 e. The van der Waals surface area contributed by atoms with Crippen molar-refractivity contribution in [3.05, 3.63) is 47.7 Å². The Morgan fingerprint density at radius 2 is 2.21 bits per heavy atom. The average molecular weight is 251 g/mol. The molecule has 1 aromatic heterocycles. The molecular formula is C15H13N3O. The molecule has 19 heavy (non-hydrogen) atoms. The van der Waals surface area contributed by atoms with Crippen LogP contribution in [-0.4, -0.2) is 16.9 Å². The van der Waals surface area contributed by atoms with Crippen LogP contribution in [0.3, 0.4) is 0 Å². The van der Waals surface area contributed by atoms with E-state index in [2.05, 4.69) is 27.3 Å². The number of hydrogen-bond acceptors (Lipinski definition) is 3. The number of aromatic nitrogens is 1. The molecular weight excluding hydrogens is 238 g/mol. The Hall–Kier alpha value is -2.36. The molecule has 1 aromatic carbocycles. The molecule has 0 saturated heterocycles. The standard InChI is InChI=1S/C15H13N3O/c1-9-6-11-14(16-8-9)18-12-5-3-2-4-10(12)7-13(18)15(19)17-11/h2-6,8,13H,7H2,1H3,(H,17,19). The number of hydrogen-bond donors (Lipinski definition) is 1. The van der Waals surface area contributed by atoms with Crippen LogP contribution in [0.25, 0.3) is 0 Å². The highest BCUT2D eigenvalue weighted by molar-refractivity contribution is 6.06. The van der Waals surface area contributed by atoms with Crippen LogP contribution >= 0.6 is 0 Å². The first-order valence-corrected chi connectivity index (χ1v) is 6.39. The Bertz CT molecular complexity index is 696. The molecule has 0 aliphatic carbocycles. The van der Waals surface area contributed by atoms with Gasteiger partial charge in [-0.3, -0.25) is 4.79 Å². The highest BCUT2D eigenvalue weighted by Gasteiger charge is 2.40. The van der Waals surface area contributed by atoms with Gasteiger partial charge < -0.3 is 10.2 Å². The second-order valence-corrected chi connectivity index (χ2v) is 5.09. The number of carbonyl (C=O) groups excluding carboxylic acids is 1. The highest BCUT2D eigenvalue weighted by Crippen LogP contribution is 2.43. The predicted octanol–water partition coefficient (Wildman–Crippen LogP) is 2.40. The first-order valence-electron chi connectivity index (χ1n) is 6.39. The van der Waals surface area contributed by atoms with Crippen LogP contribution in [0.5, 0.6) is 0 Å². The topological polar surface area (TPSA) is 45.2 Å². The highest BCUT2D eigenvalue weighted by atomic mass is 16.2. The lowest BCUT2D eigenvalue weighted by Crippen LogP contribution is -2.43. The van der Waals surface area contributed by atoms with Crippen LogP contribution in [0.15, 0.2) is 36.5 Å². The maximum absolute atomic E-state index is 12.2. The molecule has 4 nitrogen and oxygen atoms in total. The molecule has 2 aliphatic rings. The van der Waals surface area contributed by atoms with E-state index in [1.807, 2.05) is 31.3 Å². The Morgan fingerprint density at radius 3 is 3.11 bits per heavy atom. The molecule has 4 rings (SSSR count). The summed E-state index contributed by atoms with van der Waals surface area (Å²) < 4.78 is 0. The Morgan fingerprint density at radius 1 is 1.37 bits per heavy atom. The third-order valence-electron chi connectivity index (χ3n) is 3.77. The van der Waals surface area contributed by atoms with Crippen molar-refractivity contribution >= 4 is 23.1 Å². The number of amides is 1. The molecule has 2 aromatic rings. The summed E-state index contributed by atoms with van der Waals surface area (Å²) in [5, 5.41) is 2.96. The minimum Gasteiger partial charge on any atom is -0.321 e. The smallest absolute Gasteiger partial charge is 0.247 e. The number of pyridine rings is 1. The SMILES string of the molecule is Cc1cnc2c(c1)NC(=O)C1Cc3ccccc3N21. The lowest BCUT2D eigenvalue weighted by molar-refractivity contribution is -0.117. The van der Waals surface area contributed by atoms with E-state index in [1.54, 1.807) is 0 Å². The molecule has 1 atom stereocenters. The number of nitrogens with one attached hydrogen (secondary N) is 1. The van der Waals surface area contributed by atoms with Crippen molar-refractivity contribution in [2.45, 2.75) is 19.4 Å². The van der Waals surface area contributed by atoms with E-state index >= 15 is 0 Å². The van der Waals surface area contributed by atoms with Crippen molar-refractivity contribution in [3.8, 4) is 0 Å². The fourth-order valence-electron chi connectivity index (χ4n) is 2.92. The number of benzene rings is 1. The summed E-state index contributed by atoms with van der Waals surface area (Å²) in [4.78, 5) is 18.8. The monoisotopic (exact) mass is 251 g/mol. The Balaban J connectivity index is 1.95. The second-order valence-electron chi connectivity index (χ2n) is 5.09. The molecule has 0 radical (unpaired) electrons. The van der Waals surface area contributed by atoms with Gasteiger partial charge in [-0.25, -0.2) is 4.98 Å². The van der Waals surface area contributed by atoms with E-state index in [0.717, 1.165) is 29.2 Å². The summed E-state index contributed by atoms with van der Waals surface area (Å²) in [7, 11) is 0. The fourth-order valence-corrected chi connectivity index (χ4v) is 2.92. The molecule has 3 heterocycles. The molecule has 0 spiro atoms. The average Bonchev–Trinajstić information content (AvgIpc) is 2.79. The van der Waals surface area contributed by atoms with Crippen LogP contribution < -0.4 is 10.2 Å². The third kappa shape index (κ3) is 1.40. The quantitative estimate of drug-likeness (QED) is 0.782. The molecule has 94 valence electrons.